The summed E-state index contributed by atoms with van der Waals surface area (Å²) >= 11 is 7.01. The van der Waals surface area contributed by atoms with Gasteiger partial charge in [-0.2, -0.15) is 0 Å². The molecule has 2 aromatic carbocycles. The molecule has 0 radical (unpaired) electrons. The fraction of sp³-hybridized carbons (Fsp3) is 0. The molecule has 26 heavy (non-hydrogen) atoms. The Hall–Kier alpha value is -2.30. The van der Waals surface area contributed by atoms with Gasteiger partial charge >= 0.3 is 0 Å². The summed E-state index contributed by atoms with van der Waals surface area (Å²) in [5.74, 6) is 0. The highest BCUT2D eigenvalue weighted by atomic mass is 79.9. The highest BCUT2D eigenvalue weighted by molar-refractivity contribution is 9.10. The van der Waals surface area contributed by atoms with E-state index < -0.39 is 0 Å². The Morgan fingerprint density at radius 1 is 0.615 bits per heavy atom. The third-order valence-corrected chi connectivity index (χ3v) is 5.18. The van der Waals surface area contributed by atoms with Crippen molar-refractivity contribution in [2.24, 2.45) is 0 Å². The SMILES string of the molecule is Brc1ccc(-c2ccc(-c3cccnc3)nc2-c2ccc(Br)cc2)cc1. The second kappa shape index (κ2) is 7.52. The summed E-state index contributed by atoms with van der Waals surface area (Å²) in [5.41, 5.74) is 6.20. The maximum absolute atomic E-state index is 4.97. The van der Waals surface area contributed by atoms with Gasteiger partial charge in [-0.3, -0.25) is 4.98 Å². The topological polar surface area (TPSA) is 25.8 Å². The maximum atomic E-state index is 4.97. The van der Waals surface area contributed by atoms with Crippen LogP contribution in [0, 0.1) is 0 Å². The van der Waals surface area contributed by atoms with E-state index in [4.69, 9.17) is 4.98 Å². The predicted molar refractivity (Wildman–Crippen MR) is 114 cm³/mol. The molecule has 0 spiro atoms. The first-order chi connectivity index (χ1) is 12.7. The van der Waals surface area contributed by atoms with Crippen molar-refractivity contribution in [2.45, 2.75) is 0 Å². The van der Waals surface area contributed by atoms with Crippen LogP contribution in [0.1, 0.15) is 0 Å². The first-order valence-corrected chi connectivity index (χ1v) is 9.73. The summed E-state index contributed by atoms with van der Waals surface area (Å²) in [6, 6.07) is 24.7. The van der Waals surface area contributed by atoms with Crippen LogP contribution in [0.2, 0.25) is 0 Å². The second-order valence-electron chi connectivity index (χ2n) is 5.85. The molecule has 4 heteroatoms. The minimum absolute atomic E-state index is 0.914. The maximum Gasteiger partial charge on any atom is 0.0787 e. The van der Waals surface area contributed by atoms with E-state index in [0.717, 1.165) is 42.6 Å². The number of pyridine rings is 2. The number of aromatic nitrogens is 2. The van der Waals surface area contributed by atoms with Gasteiger partial charge in [0.15, 0.2) is 0 Å². The van der Waals surface area contributed by atoms with Crippen LogP contribution in [0.15, 0.2) is 94.1 Å². The van der Waals surface area contributed by atoms with Crippen LogP contribution in [-0.4, -0.2) is 9.97 Å². The number of rotatable bonds is 3. The van der Waals surface area contributed by atoms with Gasteiger partial charge in [0.25, 0.3) is 0 Å². The lowest BCUT2D eigenvalue weighted by Gasteiger charge is -2.12. The molecule has 0 aliphatic heterocycles. The zero-order chi connectivity index (χ0) is 17.9. The normalized spacial score (nSPS) is 10.7. The molecule has 0 bridgehead atoms. The molecule has 0 saturated heterocycles. The van der Waals surface area contributed by atoms with Crippen LogP contribution >= 0.6 is 31.9 Å². The molecule has 0 fully saturated rings. The number of benzene rings is 2. The van der Waals surface area contributed by atoms with E-state index >= 15 is 0 Å². The second-order valence-corrected chi connectivity index (χ2v) is 7.68. The van der Waals surface area contributed by atoms with Crippen molar-refractivity contribution in [3.8, 4) is 33.6 Å². The lowest BCUT2D eigenvalue weighted by molar-refractivity contribution is 1.28. The van der Waals surface area contributed by atoms with Gasteiger partial charge in [0.1, 0.15) is 0 Å². The monoisotopic (exact) mass is 464 g/mol. The fourth-order valence-corrected chi connectivity index (χ4v) is 3.35. The molecule has 0 amide bonds. The van der Waals surface area contributed by atoms with Crippen molar-refractivity contribution in [3.63, 3.8) is 0 Å². The molecule has 4 rings (SSSR count). The summed E-state index contributed by atoms with van der Waals surface area (Å²) in [7, 11) is 0. The van der Waals surface area contributed by atoms with Crippen molar-refractivity contribution >= 4 is 31.9 Å². The summed E-state index contributed by atoms with van der Waals surface area (Å²) in [6.45, 7) is 0. The lowest BCUT2D eigenvalue weighted by atomic mass is 9.98. The standard InChI is InChI=1S/C22H14Br2N2/c23-18-7-3-15(4-8-18)20-11-12-21(17-2-1-13-25-14-17)26-22(20)16-5-9-19(24)10-6-16/h1-14H. The molecular weight excluding hydrogens is 452 g/mol. The Labute approximate surface area is 169 Å². The summed E-state index contributed by atoms with van der Waals surface area (Å²) < 4.78 is 2.11. The van der Waals surface area contributed by atoms with Crippen molar-refractivity contribution < 1.29 is 0 Å². The quantitative estimate of drug-likeness (QED) is 0.325. The Morgan fingerprint density at radius 3 is 1.88 bits per heavy atom. The molecule has 0 atom stereocenters. The van der Waals surface area contributed by atoms with Gasteiger partial charge < -0.3 is 0 Å². The largest absolute Gasteiger partial charge is 0.264 e. The van der Waals surface area contributed by atoms with Crippen LogP contribution in [0.4, 0.5) is 0 Å². The van der Waals surface area contributed by atoms with Crippen molar-refractivity contribution in [1.29, 1.82) is 0 Å². The number of hydrogen-bond acceptors (Lipinski definition) is 2. The Morgan fingerprint density at radius 2 is 1.27 bits per heavy atom. The zero-order valence-corrected chi connectivity index (χ0v) is 16.9. The van der Waals surface area contributed by atoms with Gasteiger partial charge in [-0.1, -0.05) is 62.2 Å². The van der Waals surface area contributed by atoms with Gasteiger partial charge in [0.2, 0.25) is 0 Å². The highest BCUT2D eigenvalue weighted by Gasteiger charge is 2.12. The Bertz CT molecular complexity index is 1030. The van der Waals surface area contributed by atoms with Crippen LogP contribution in [0.3, 0.4) is 0 Å². The third kappa shape index (κ3) is 3.62. The van der Waals surface area contributed by atoms with Crippen LogP contribution in [0.25, 0.3) is 33.6 Å². The van der Waals surface area contributed by atoms with Gasteiger partial charge in [-0.15, -0.1) is 0 Å². The van der Waals surface area contributed by atoms with E-state index in [1.54, 1.807) is 6.20 Å². The average molecular weight is 466 g/mol. The van der Waals surface area contributed by atoms with Crippen LogP contribution in [0.5, 0.6) is 0 Å². The molecule has 2 heterocycles. The molecular formula is C22H14Br2N2. The lowest BCUT2D eigenvalue weighted by Crippen LogP contribution is -1.93. The van der Waals surface area contributed by atoms with E-state index in [1.807, 2.05) is 30.5 Å². The van der Waals surface area contributed by atoms with E-state index in [1.165, 1.54) is 0 Å². The number of nitrogens with zero attached hydrogens (tertiary/aromatic N) is 2. The van der Waals surface area contributed by atoms with E-state index in [2.05, 4.69) is 85.4 Å². The Balaban J connectivity index is 1.90. The molecule has 2 aromatic heterocycles. The minimum Gasteiger partial charge on any atom is -0.264 e. The average Bonchev–Trinajstić information content (AvgIpc) is 2.70. The highest BCUT2D eigenvalue weighted by Crippen LogP contribution is 2.34. The molecule has 0 aliphatic rings. The third-order valence-electron chi connectivity index (χ3n) is 4.13. The summed E-state index contributed by atoms with van der Waals surface area (Å²) in [5, 5.41) is 0. The van der Waals surface area contributed by atoms with E-state index in [9.17, 15) is 0 Å². The van der Waals surface area contributed by atoms with Crippen LogP contribution < -0.4 is 0 Å². The molecule has 4 aromatic rings. The minimum atomic E-state index is 0.914. The van der Waals surface area contributed by atoms with Crippen molar-refractivity contribution in [2.75, 3.05) is 0 Å². The molecule has 0 aliphatic carbocycles. The summed E-state index contributed by atoms with van der Waals surface area (Å²) in [6.07, 6.45) is 3.61. The molecule has 0 saturated carbocycles. The predicted octanol–water partition coefficient (Wildman–Crippen LogP) is 7.00. The Kier molecular flexibility index (Phi) is 4.96. The van der Waals surface area contributed by atoms with Crippen LogP contribution in [-0.2, 0) is 0 Å². The van der Waals surface area contributed by atoms with Gasteiger partial charge in [-0.05, 0) is 48.0 Å². The van der Waals surface area contributed by atoms with Gasteiger partial charge in [0.05, 0.1) is 11.4 Å². The van der Waals surface area contributed by atoms with Gasteiger partial charge in [0, 0.05) is 38.0 Å². The molecule has 0 N–H and O–H groups in total. The van der Waals surface area contributed by atoms with E-state index in [0.29, 0.717) is 0 Å². The van der Waals surface area contributed by atoms with Gasteiger partial charge in [-0.25, -0.2) is 4.98 Å². The fourth-order valence-electron chi connectivity index (χ4n) is 2.82. The van der Waals surface area contributed by atoms with Crippen molar-refractivity contribution in [1.82, 2.24) is 9.97 Å². The molecule has 126 valence electrons. The molecule has 0 unspecified atom stereocenters. The van der Waals surface area contributed by atoms with Crippen molar-refractivity contribution in [3.05, 3.63) is 94.1 Å². The van der Waals surface area contributed by atoms with E-state index in [-0.39, 0.29) is 0 Å². The molecule has 2 nitrogen and oxygen atoms in total. The zero-order valence-electron chi connectivity index (χ0n) is 13.7. The number of hydrogen-bond donors (Lipinski definition) is 0. The first kappa shape index (κ1) is 17.1. The first-order valence-electron chi connectivity index (χ1n) is 8.14. The summed E-state index contributed by atoms with van der Waals surface area (Å²) in [4.78, 5) is 9.19. The number of halogens is 2. The smallest absolute Gasteiger partial charge is 0.0787 e.